The topological polar surface area (TPSA) is 114 Å². The molecule has 0 aliphatic carbocycles. The first-order valence-electron chi connectivity index (χ1n) is 5.38. The molecule has 6 N–H and O–H groups in total. The minimum atomic E-state index is -0.604. The Hall–Kier alpha value is -1.82. The molecule has 0 spiro atoms. The van der Waals surface area contributed by atoms with Crippen molar-refractivity contribution in [1.29, 1.82) is 0 Å². The van der Waals surface area contributed by atoms with E-state index < -0.39 is 5.91 Å². The van der Waals surface area contributed by atoms with Gasteiger partial charge in [0, 0.05) is 0 Å². The molecule has 0 aliphatic rings. The number of nitrogens with one attached hydrogen (secondary N) is 1. The summed E-state index contributed by atoms with van der Waals surface area (Å²) >= 11 is 0. The molecule has 0 saturated carbocycles. The van der Waals surface area contributed by atoms with Crippen LogP contribution in [-0.2, 0) is 0 Å². The van der Waals surface area contributed by atoms with Gasteiger partial charge in [0.2, 0.25) is 0 Å². The van der Waals surface area contributed by atoms with Gasteiger partial charge in [-0.15, -0.1) is 0 Å². The first-order valence-corrected chi connectivity index (χ1v) is 5.38. The van der Waals surface area contributed by atoms with E-state index in [1.54, 1.807) is 0 Å². The van der Waals surface area contributed by atoms with Crippen molar-refractivity contribution in [3.63, 3.8) is 0 Å². The van der Waals surface area contributed by atoms with Crippen LogP contribution in [0.3, 0.4) is 0 Å². The van der Waals surface area contributed by atoms with Gasteiger partial charge in [-0.25, -0.2) is 4.98 Å². The van der Waals surface area contributed by atoms with Crippen LogP contribution < -0.4 is 16.8 Å². The number of pyridine rings is 1. The van der Waals surface area contributed by atoms with E-state index in [1.807, 2.05) is 13.8 Å². The summed E-state index contributed by atoms with van der Waals surface area (Å²) < 4.78 is 0. The smallest absolute Gasteiger partial charge is 0.252 e. The van der Waals surface area contributed by atoms with Crippen molar-refractivity contribution in [3.8, 4) is 0 Å². The Morgan fingerprint density at radius 1 is 1.59 bits per heavy atom. The average Bonchev–Trinajstić information content (AvgIpc) is 2.26. The van der Waals surface area contributed by atoms with Crippen molar-refractivity contribution in [2.75, 3.05) is 17.7 Å². The Balaban J connectivity index is 3.01. The molecule has 1 amide bonds. The maximum Gasteiger partial charge on any atom is 0.252 e. The third-order valence-corrected chi connectivity index (χ3v) is 2.50. The summed E-state index contributed by atoms with van der Waals surface area (Å²) in [4.78, 5) is 15.3. The summed E-state index contributed by atoms with van der Waals surface area (Å²) in [7, 11) is 0. The molecule has 1 aromatic heterocycles. The molecule has 6 heteroatoms. The third kappa shape index (κ3) is 3.32. The summed E-state index contributed by atoms with van der Waals surface area (Å²) in [5.41, 5.74) is 11.4. The summed E-state index contributed by atoms with van der Waals surface area (Å²) in [5.74, 6) is -0.0627. The molecule has 1 heterocycles. The van der Waals surface area contributed by atoms with Gasteiger partial charge in [-0.2, -0.15) is 0 Å². The highest BCUT2D eigenvalue weighted by Gasteiger charge is 2.16. The van der Waals surface area contributed by atoms with Gasteiger partial charge in [-0.05, 0) is 12.0 Å². The lowest BCUT2D eigenvalue weighted by molar-refractivity contribution is 0.100. The van der Waals surface area contributed by atoms with Crippen molar-refractivity contribution in [3.05, 3.63) is 17.8 Å². The lowest BCUT2D eigenvalue weighted by atomic mass is 10.1. The van der Waals surface area contributed by atoms with E-state index in [0.29, 0.717) is 11.5 Å². The fourth-order valence-corrected chi connectivity index (χ4v) is 1.38. The van der Waals surface area contributed by atoms with E-state index in [4.69, 9.17) is 11.5 Å². The van der Waals surface area contributed by atoms with Crippen LogP contribution in [0, 0.1) is 5.92 Å². The summed E-state index contributed by atoms with van der Waals surface area (Å²) in [6.07, 6.45) is 1.43. The first-order chi connectivity index (χ1) is 7.95. The highest BCUT2D eigenvalue weighted by atomic mass is 16.3. The van der Waals surface area contributed by atoms with Gasteiger partial charge >= 0.3 is 0 Å². The fraction of sp³-hybridized carbons (Fsp3) is 0.455. The molecular weight excluding hydrogens is 220 g/mol. The standard InChI is InChI=1S/C11H18N4O2/c1-6(2)9(5-16)15-11-8(10(13)17)3-7(12)4-14-11/h3-4,6,9,16H,5,12H2,1-2H3,(H2,13,17)(H,14,15). The normalized spacial score (nSPS) is 12.5. The molecule has 1 unspecified atom stereocenters. The molecule has 0 aromatic carbocycles. The SMILES string of the molecule is CC(C)C(CO)Nc1ncc(N)cc1C(N)=O. The lowest BCUT2D eigenvalue weighted by Gasteiger charge is -2.21. The number of hydrogen-bond acceptors (Lipinski definition) is 5. The van der Waals surface area contributed by atoms with E-state index >= 15 is 0 Å². The van der Waals surface area contributed by atoms with Crippen molar-refractivity contribution < 1.29 is 9.90 Å². The second-order valence-corrected chi connectivity index (χ2v) is 4.21. The minimum Gasteiger partial charge on any atom is -0.397 e. The number of carbonyl (C=O) groups excluding carboxylic acids is 1. The van der Waals surface area contributed by atoms with Gasteiger partial charge in [0.05, 0.1) is 30.1 Å². The molecule has 94 valence electrons. The number of anilines is 2. The maximum atomic E-state index is 11.2. The Labute approximate surface area is 100 Å². The highest BCUT2D eigenvalue weighted by Crippen LogP contribution is 2.17. The van der Waals surface area contributed by atoms with Crippen LogP contribution in [0.5, 0.6) is 0 Å². The molecule has 6 nitrogen and oxygen atoms in total. The number of aliphatic hydroxyl groups is 1. The van der Waals surface area contributed by atoms with Crippen LogP contribution in [0.25, 0.3) is 0 Å². The zero-order chi connectivity index (χ0) is 13.0. The summed E-state index contributed by atoms with van der Waals surface area (Å²) in [6.45, 7) is 3.85. The second-order valence-electron chi connectivity index (χ2n) is 4.21. The van der Waals surface area contributed by atoms with Gasteiger partial charge in [-0.3, -0.25) is 4.79 Å². The van der Waals surface area contributed by atoms with Crippen molar-refractivity contribution in [2.45, 2.75) is 19.9 Å². The predicted molar refractivity (Wildman–Crippen MR) is 66.5 cm³/mol. The van der Waals surface area contributed by atoms with Crippen molar-refractivity contribution >= 4 is 17.4 Å². The number of amides is 1. The van der Waals surface area contributed by atoms with E-state index in [1.165, 1.54) is 12.3 Å². The molecular formula is C11H18N4O2. The molecule has 0 fully saturated rings. The number of aliphatic hydroxyl groups excluding tert-OH is 1. The minimum absolute atomic E-state index is 0.0536. The van der Waals surface area contributed by atoms with Gasteiger partial charge < -0.3 is 21.9 Å². The number of primary amides is 1. The zero-order valence-electron chi connectivity index (χ0n) is 9.97. The Bertz CT molecular complexity index is 406. The number of rotatable bonds is 5. The van der Waals surface area contributed by atoms with Crippen LogP contribution in [0.2, 0.25) is 0 Å². The summed E-state index contributed by atoms with van der Waals surface area (Å²) in [6, 6.07) is 1.27. The molecule has 0 bridgehead atoms. The molecule has 17 heavy (non-hydrogen) atoms. The quantitative estimate of drug-likeness (QED) is 0.584. The molecule has 0 aliphatic heterocycles. The number of hydrogen-bond donors (Lipinski definition) is 4. The van der Waals surface area contributed by atoms with Crippen molar-refractivity contribution in [2.24, 2.45) is 11.7 Å². The monoisotopic (exact) mass is 238 g/mol. The molecule has 1 rings (SSSR count). The Kier molecular flexibility index (Phi) is 4.28. The number of nitrogens with two attached hydrogens (primary N) is 2. The van der Waals surface area contributed by atoms with Crippen LogP contribution in [0.4, 0.5) is 11.5 Å². The van der Waals surface area contributed by atoms with Gasteiger partial charge in [0.15, 0.2) is 0 Å². The van der Waals surface area contributed by atoms with Gasteiger partial charge in [0.1, 0.15) is 5.82 Å². The fourth-order valence-electron chi connectivity index (χ4n) is 1.38. The Morgan fingerprint density at radius 2 is 2.24 bits per heavy atom. The third-order valence-electron chi connectivity index (χ3n) is 2.50. The van der Waals surface area contributed by atoms with Crippen molar-refractivity contribution in [1.82, 2.24) is 4.98 Å². The predicted octanol–water partition coefficient (Wildman–Crippen LogP) is 0.192. The number of carbonyl (C=O) groups is 1. The molecule has 0 saturated heterocycles. The van der Waals surface area contributed by atoms with E-state index in [2.05, 4.69) is 10.3 Å². The maximum absolute atomic E-state index is 11.2. The van der Waals surface area contributed by atoms with Crippen LogP contribution >= 0.6 is 0 Å². The summed E-state index contributed by atoms with van der Waals surface area (Å²) in [5, 5.41) is 12.2. The average molecular weight is 238 g/mol. The van der Waals surface area contributed by atoms with E-state index in [-0.39, 0.29) is 24.1 Å². The molecule has 0 radical (unpaired) electrons. The van der Waals surface area contributed by atoms with E-state index in [9.17, 15) is 9.90 Å². The second kappa shape index (κ2) is 5.49. The Morgan fingerprint density at radius 3 is 2.71 bits per heavy atom. The first kappa shape index (κ1) is 13.2. The zero-order valence-corrected chi connectivity index (χ0v) is 9.97. The van der Waals surface area contributed by atoms with Crippen LogP contribution in [-0.4, -0.2) is 28.6 Å². The van der Waals surface area contributed by atoms with Gasteiger partial charge in [-0.1, -0.05) is 13.8 Å². The number of aromatic nitrogens is 1. The van der Waals surface area contributed by atoms with E-state index in [0.717, 1.165) is 0 Å². The molecule has 1 aromatic rings. The van der Waals surface area contributed by atoms with Crippen LogP contribution in [0.15, 0.2) is 12.3 Å². The lowest BCUT2D eigenvalue weighted by Crippen LogP contribution is -2.31. The number of nitrogens with zero attached hydrogens (tertiary/aromatic N) is 1. The highest BCUT2D eigenvalue weighted by molar-refractivity contribution is 5.98. The largest absolute Gasteiger partial charge is 0.397 e. The molecule has 1 atom stereocenters. The van der Waals surface area contributed by atoms with Gasteiger partial charge in [0.25, 0.3) is 5.91 Å². The van der Waals surface area contributed by atoms with Crippen LogP contribution in [0.1, 0.15) is 24.2 Å². The number of nitrogen functional groups attached to an aromatic ring is 1.